The second kappa shape index (κ2) is 39.0. The van der Waals surface area contributed by atoms with E-state index in [0.717, 1.165) is 109 Å². The SMILES string of the molecule is CCCCCCCCC(CCCCCC)C(=O)OCCCCCCCCOC(=O)C(CCN=C(N)N)NC(=O)CCCOC(=O)C(CCCC)CCCCCC. The van der Waals surface area contributed by atoms with Gasteiger partial charge in [0.25, 0.3) is 0 Å². The summed E-state index contributed by atoms with van der Waals surface area (Å²) in [7, 11) is 0. The lowest BCUT2D eigenvalue weighted by molar-refractivity contribution is -0.150. The van der Waals surface area contributed by atoms with Crippen molar-refractivity contribution < 1.29 is 33.4 Å². The molecule has 0 aromatic rings. The van der Waals surface area contributed by atoms with Crippen LogP contribution in [-0.4, -0.2) is 62.2 Å². The Morgan fingerprint density at radius 3 is 1.30 bits per heavy atom. The van der Waals surface area contributed by atoms with Crippen molar-refractivity contribution in [3.63, 3.8) is 0 Å². The van der Waals surface area contributed by atoms with Gasteiger partial charge in [-0.05, 0) is 51.4 Å². The first-order chi connectivity index (χ1) is 27.2. The van der Waals surface area contributed by atoms with Gasteiger partial charge in [-0.2, -0.15) is 0 Å². The van der Waals surface area contributed by atoms with Crippen LogP contribution in [0.15, 0.2) is 4.99 Å². The van der Waals surface area contributed by atoms with Crippen LogP contribution < -0.4 is 16.8 Å². The number of rotatable bonds is 40. The van der Waals surface area contributed by atoms with Crippen molar-refractivity contribution in [3.8, 4) is 0 Å². The number of amides is 1. The summed E-state index contributed by atoms with van der Waals surface area (Å²) < 4.78 is 16.8. The van der Waals surface area contributed by atoms with Gasteiger partial charge in [0.15, 0.2) is 5.96 Å². The summed E-state index contributed by atoms with van der Waals surface area (Å²) >= 11 is 0. The van der Waals surface area contributed by atoms with Gasteiger partial charge in [-0.1, -0.05) is 156 Å². The first-order valence-corrected chi connectivity index (χ1v) is 23.0. The minimum Gasteiger partial charge on any atom is -0.465 e. The molecule has 0 aromatic heterocycles. The van der Waals surface area contributed by atoms with Crippen LogP contribution in [-0.2, 0) is 33.4 Å². The average Bonchev–Trinajstić information content (AvgIpc) is 3.18. The highest BCUT2D eigenvalue weighted by Gasteiger charge is 2.23. The smallest absolute Gasteiger partial charge is 0.328 e. The number of esters is 3. The van der Waals surface area contributed by atoms with E-state index in [9.17, 15) is 19.2 Å². The fraction of sp³-hybridized carbons (Fsp3) is 0.889. The number of ether oxygens (including phenoxy) is 3. The monoisotopic (exact) mass is 795 g/mol. The summed E-state index contributed by atoms with van der Waals surface area (Å²) in [5.41, 5.74) is 10.9. The van der Waals surface area contributed by atoms with Gasteiger partial charge in [0.2, 0.25) is 5.91 Å². The molecule has 0 fully saturated rings. The summed E-state index contributed by atoms with van der Waals surface area (Å²) in [6.07, 6.45) is 28.4. The summed E-state index contributed by atoms with van der Waals surface area (Å²) in [5.74, 6) is -1.16. The van der Waals surface area contributed by atoms with E-state index in [1.807, 2.05) is 0 Å². The van der Waals surface area contributed by atoms with Crippen LogP contribution in [0.1, 0.15) is 214 Å². The minimum absolute atomic E-state index is 0.00942. The lowest BCUT2D eigenvalue weighted by Gasteiger charge is -2.18. The minimum atomic E-state index is -0.876. The highest BCUT2D eigenvalue weighted by Crippen LogP contribution is 2.21. The summed E-state index contributed by atoms with van der Waals surface area (Å²) in [4.78, 5) is 55.2. The van der Waals surface area contributed by atoms with Gasteiger partial charge in [-0.3, -0.25) is 19.4 Å². The van der Waals surface area contributed by atoms with Gasteiger partial charge in [-0.15, -0.1) is 0 Å². The third kappa shape index (κ3) is 32.3. The molecule has 56 heavy (non-hydrogen) atoms. The molecule has 0 saturated heterocycles. The van der Waals surface area contributed by atoms with Crippen LogP contribution in [0.25, 0.3) is 0 Å². The molecule has 0 aliphatic rings. The molecule has 0 aliphatic carbocycles. The number of guanidine groups is 1. The van der Waals surface area contributed by atoms with Crippen molar-refractivity contribution in [2.45, 2.75) is 220 Å². The molecule has 0 saturated carbocycles. The van der Waals surface area contributed by atoms with Crippen molar-refractivity contribution in [2.24, 2.45) is 28.3 Å². The second-order valence-corrected chi connectivity index (χ2v) is 15.7. The zero-order chi connectivity index (χ0) is 41.5. The van der Waals surface area contributed by atoms with Crippen LogP contribution in [0, 0.1) is 11.8 Å². The Balaban J connectivity index is 4.47. The molecule has 3 unspecified atom stereocenters. The molecule has 0 aliphatic heterocycles. The largest absolute Gasteiger partial charge is 0.465 e. The van der Waals surface area contributed by atoms with E-state index in [1.54, 1.807) is 0 Å². The number of unbranched alkanes of at least 4 members (excludes halogenated alkanes) is 17. The Kier molecular flexibility index (Phi) is 37.0. The lowest BCUT2D eigenvalue weighted by Crippen LogP contribution is -2.42. The van der Waals surface area contributed by atoms with Crippen molar-refractivity contribution in [1.29, 1.82) is 0 Å². The molecular weight excluding hydrogens is 709 g/mol. The molecule has 5 N–H and O–H groups in total. The molecule has 0 rings (SSSR count). The van der Waals surface area contributed by atoms with Crippen LogP contribution >= 0.6 is 0 Å². The molecule has 3 atom stereocenters. The molecule has 11 heteroatoms. The van der Waals surface area contributed by atoms with E-state index in [4.69, 9.17) is 25.7 Å². The number of aliphatic imine (C=N–C) groups is 1. The molecule has 11 nitrogen and oxygen atoms in total. The third-order valence-corrected chi connectivity index (χ3v) is 10.4. The van der Waals surface area contributed by atoms with Gasteiger partial charge in [0, 0.05) is 13.0 Å². The Morgan fingerprint density at radius 2 is 0.839 bits per heavy atom. The fourth-order valence-electron chi connectivity index (χ4n) is 6.85. The molecule has 0 spiro atoms. The predicted molar refractivity (Wildman–Crippen MR) is 229 cm³/mol. The number of hydrogen-bond acceptors (Lipinski definition) is 8. The van der Waals surface area contributed by atoms with Crippen molar-refractivity contribution in [3.05, 3.63) is 0 Å². The van der Waals surface area contributed by atoms with Crippen molar-refractivity contribution in [1.82, 2.24) is 5.32 Å². The normalized spacial score (nSPS) is 12.7. The van der Waals surface area contributed by atoms with Gasteiger partial charge in [-0.25, -0.2) is 4.79 Å². The Morgan fingerprint density at radius 1 is 0.464 bits per heavy atom. The van der Waals surface area contributed by atoms with Crippen LogP contribution in [0.3, 0.4) is 0 Å². The summed E-state index contributed by atoms with van der Waals surface area (Å²) in [6.45, 7) is 9.81. The average molecular weight is 795 g/mol. The van der Waals surface area contributed by atoms with E-state index in [-0.39, 0.29) is 68.2 Å². The lowest BCUT2D eigenvalue weighted by atomic mass is 9.94. The maximum absolute atomic E-state index is 12.9. The molecule has 0 radical (unpaired) electrons. The predicted octanol–water partition coefficient (Wildman–Crippen LogP) is 10.00. The second-order valence-electron chi connectivity index (χ2n) is 15.7. The van der Waals surface area contributed by atoms with E-state index in [0.29, 0.717) is 13.0 Å². The molecular formula is C45H86N4O7. The van der Waals surface area contributed by atoms with Crippen molar-refractivity contribution in [2.75, 3.05) is 26.4 Å². The molecule has 0 heterocycles. The Labute approximate surface area is 342 Å². The number of nitrogens with zero attached hydrogens (tertiary/aromatic N) is 1. The first kappa shape index (κ1) is 53.1. The molecule has 328 valence electrons. The standard InChI is InChI=1S/C45H86N4O7/c1-5-9-13-16-19-24-31-39(30-23-15-11-7-3)43(52)54-35-25-20-17-18-21-26-36-56-44(53)40(33-34-48-45(46)47)49-41(50)32-27-37-55-42(51)38(28-12-8-4)29-22-14-10-6-2/h38-40H,5-37H2,1-4H3,(H,49,50)(H4,46,47,48). The van der Waals surface area contributed by atoms with Gasteiger partial charge < -0.3 is 31.0 Å². The number of nitrogens with two attached hydrogens (primary N) is 2. The summed E-state index contributed by atoms with van der Waals surface area (Å²) in [6, 6.07) is -0.876. The third-order valence-electron chi connectivity index (χ3n) is 10.4. The van der Waals surface area contributed by atoms with E-state index < -0.39 is 12.0 Å². The van der Waals surface area contributed by atoms with Gasteiger partial charge >= 0.3 is 17.9 Å². The quantitative estimate of drug-likeness (QED) is 0.0179. The number of nitrogens with one attached hydrogen (secondary N) is 1. The van der Waals surface area contributed by atoms with E-state index >= 15 is 0 Å². The topological polar surface area (TPSA) is 172 Å². The van der Waals surface area contributed by atoms with Crippen LogP contribution in [0.2, 0.25) is 0 Å². The van der Waals surface area contributed by atoms with Gasteiger partial charge in [0.05, 0.1) is 31.7 Å². The number of hydrogen-bond donors (Lipinski definition) is 3. The highest BCUT2D eigenvalue weighted by molar-refractivity contribution is 5.84. The molecule has 0 bridgehead atoms. The van der Waals surface area contributed by atoms with E-state index in [2.05, 4.69) is 38.0 Å². The summed E-state index contributed by atoms with van der Waals surface area (Å²) in [5, 5.41) is 2.76. The first-order valence-electron chi connectivity index (χ1n) is 23.0. The molecule has 1 amide bonds. The maximum Gasteiger partial charge on any atom is 0.328 e. The number of carbonyl (C=O) groups excluding carboxylic acids is 4. The van der Waals surface area contributed by atoms with Crippen molar-refractivity contribution >= 4 is 29.8 Å². The molecule has 0 aromatic carbocycles. The number of carbonyl (C=O) groups is 4. The highest BCUT2D eigenvalue weighted by atomic mass is 16.5. The fourth-order valence-corrected chi connectivity index (χ4v) is 6.85. The zero-order valence-electron chi connectivity index (χ0n) is 36.5. The Bertz CT molecular complexity index is 1000. The zero-order valence-corrected chi connectivity index (χ0v) is 36.5. The van der Waals surface area contributed by atoms with Crippen LogP contribution in [0.5, 0.6) is 0 Å². The maximum atomic E-state index is 12.9. The van der Waals surface area contributed by atoms with Crippen LogP contribution in [0.4, 0.5) is 0 Å². The van der Waals surface area contributed by atoms with Gasteiger partial charge in [0.1, 0.15) is 6.04 Å². The Hall–Kier alpha value is -2.85. The van der Waals surface area contributed by atoms with E-state index in [1.165, 1.54) is 57.8 Å².